The third-order valence-electron chi connectivity index (χ3n) is 3.56. The number of hydrogen-bond donors (Lipinski definition) is 1. The van der Waals surface area contributed by atoms with Crippen LogP contribution in [0.3, 0.4) is 0 Å². The summed E-state index contributed by atoms with van der Waals surface area (Å²) in [6.07, 6.45) is 1.79. The van der Waals surface area contributed by atoms with E-state index in [4.69, 9.17) is 4.74 Å². The van der Waals surface area contributed by atoms with Crippen molar-refractivity contribution in [3.05, 3.63) is 42.0 Å². The number of morpholine rings is 1. The van der Waals surface area contributed by atoms with Gasteiger partial charge in [-0.15, -0.1) is 0 Å². The van der Waals surface area contributed by atoms with Crippen LogP contribution < -0.4 is 10.2 Å². The predicted octanol–water partition coefficient (Wildman–Crippen LogP) is 1.05. The van der Waals surface area contributed by atoms with Crippen LogP contribution in [-0.2, 0) is 11.3 Å². The van der Waals surface area contributed by atoms with E-state index in [1.54, 1.807) is 6.33 Å². The Morgan fingerprint density at radius 2 is 2.33 bits per heavy atom. The number of hydrogen-bond acceptors (Lipinski definition) is 5. The molecule has 0 radical (unpaired) electrons. The zero-order chi connectivity index (χ0) is 14.7. The Bertz CT molecular complexity index is 589. The average Bonchev–Trinajstić information content (AvgIpc) is 2.97. The molecule has 1 saturated heterocycles. The van der Waals surface area contributed by atoms with E-state index in [1.807, 2.05) is 18.8 Å². The van der Waals surface area contributed by atoms with Gasteiger partial charge in [-0.3, -0.25) is 0 Å². The van der Waals surface area contributed by atoms with Crippen LogP contribution in [0.15, 0.2) is 30.6 Å². The fourth-order valence-electron chi connectivity index (χ4n) is 2.40. The van der Waals surface area contributed by atoms with E-state index in [9.17, 15) is 0 Å². The fourth-order valence-corrected chi connectivity index (χ4v) is 2.40. The second-order valence-corrected chi connectivity index (χ2v) is 5.45. The lowest BCUT2D eigenvalue weighted by Crippen LogP contribution is -2.35. The maximum Gasteiger partial charge on any atom is 0.169 e. The van der Waals surface area contributed by atoms with Gasteiger partial charge in [0.05, 0.1) is 25.8 Å². The van der Waals surface area contributed by atoms with Gasteiger partial charge in [-0.1, -0.05) is 12.1 Å². The highest BCUT2D eigenvalue weighted by atomic mass is 16.5. The third-order valence-corrected chi connectivity index (χ3v) is 3.56. The minimum absolute atomic E-state index is 0.105. The van der Waals surface area contributed by atoms with Crippen molar-refractivity contribution in [2.45, 2.75) is 12.6 Å². The first-order chi connectivity index (χ1) is 10.2. The molecular weight excluding hydrogens is 266 g/mol. The second-order valence-electron chi connectivity index (χ2n) is 5.45. The average molecular weight is 287 g/mol. The summed E-state index contributed by atoms with van der Waals surface area (Å²) in [5.74, 6) is 0.804. The molecule has 21 heavy (non-hydrogen) atoms. The summed E-state index contributed by atoms with van der Waals surface area (Å²) in [4.78, 5) is 6.49. The van der Waals surface area contributed by atoms with Gasteiger partial charge >= 0.3 is 0 Å². The van der Waals surface area contributed by atoms with Crippen LogP contribution >= 0.6 is 0 Å². The van der Waals surface area contributed by atoms with E-state index < -0.39 is 0 Å². The number of benzene rings is 1. The quantitative estimate of drug-likeness (QED) is 0.911. The minimum atomic E-state index is 0.105. The molecule has 2 aromatic rings. The smallest absolute Gasteiger partial charge is 0.169 e. The summed E-state index contributed by atoms with van der Waals surface area (Å²) < 4.78 is 7.32. The van der Waals surface area contributed by atoms with Gasteiger partial charge in [-0.2, -0.15) is 5.10 Å². The highest BCUT2D eigenvalue weighted by Gasteiger charge is 2.19. The molecule has 0 amide bonds. The van der Waals surface area contributed by atoms with E-state index in [1.165, 1.54) is 11.3 Å². The normalized spacial score (nSPS) is 18.7. The number of anilines is 1. The molecule has 1 aromatic carbocycles. The van der Waals surface area contributed by atoms with Crippen molar-refractivity contribution in [2.75, 3.05) is 38.8 Å². The van der Waals surface area contributed by atoms with Crippen LogP contribution in [0.5, 0.6) is 0 Å². The highest BCUT2D eigenvalue weighted by molar-refractivity contribution is 5.47. The second kappa shape index (κ2) is 6.24. The summed E-state index contributed by atoms with van der Waals surface area (Å²) in [5.41, 5.74) is 2.40. The molecule has 0 saturated carbocycles. The topological polar surface area (TPSA) is 55.2 Å². The number of ether oxygens (including phenoxy) is 1. The number of nitrogens with zero attached hydrogens (tertiary/aromatic N) is 4. The molecule has 1 aliphatic heterocycles. The maximum absolute atomic E-state index is 5.45. The van der Waals surface area contributed by atoms with E-state index in [-0.39, 0.29) is 6.04 Å². The molecular formula is C15H21N5O. The van der Waals surface area contributed by atoms with E-state index in [2.05, 4.69) is 44.6 Å². The van der Waals surface area contributed by atoms with Gasteiger partial charge in [0.25, 0.3) is 0 Å². The van der Waals surface area contributed by atoms with Crippen LogP contribution in [0, 0.1) is 0 Å². The van der Waals surface area contributed by atoms with Crippen LogP contribution in [0.1, 0.15) is 17.4 Å². The molecule has 1 fully saturated rings. The van der Waals surface area contributed by atoms with Crippen LogP contribution in [0.2, 0.25) is 0 Å². The van der Waals surface area contributed by atoms with Crippen LogP contribution in [0.4, 0.5) is 5.69 Å². The lowest BCUT2D eigenvalue weighted by molar-refractivity contribution is 0.0742. The first kappa shape index (κ1) is 14.0. The molecule has 6 nitrogen and oxygen atoms in total. The molecule has 1 N–H and O–H groups in total. The first-order valence-electron chi connectivity index (χ1n) is 7.19. The zero-order valence-corrected chi connectivity index (χ0v) is 12.5. The van der Waals surface area contributed by atoms with Crippen molar-refractivity contribution >= 4 is 5.69 Å². The Labute approximate surface area is 124 Å². The van der Waals surface area contributed by atoms with Gasteiger partial charge in [0.2, 0.25) is 0 Å². The van der Waals surface area contributed by atoms with Gasteiger partial charge < -0.3 is 15.0 Å². The van der Waals surface area contributed by atoms with Gasteiger partial charge in [-0.25, -0.2) is 9.67 Å². The molecule has 3 rings (SSSR count). The van der Waals surface area contributed by atoms with Crippen molar-refractivity contribution in [1.82, 2.24) is 20.1 Å². The molecule has 0 aliphatic carbocycles. The molecule has 1 aromatic heterocycles. The van der Waals surface area contributed by atoms with Gasteiger partial charge in [0.15, 0.2) is 5.82 Å². The molecule has 112 valence electrons. The Morgan fingerprint density at radius 3 is 3.10 bits per heavy atom. The van der Waals surface area contributed by atoms with Gasteiger partial charge in [0.1, 0.15) is 6.33 Å². The summed E-state index contributed by atoms with van der Waals surface area (Å²) in [6, 6.07) is 8.55. The molecule has 1 aliphatic rings. The van der Waals surface area contributed by atoms with Gasteiger partial charge in [-0.05, 0) is 17.7 Å². The monoisotopic (exact) mass is 287 g/mol. The minimum Gasteiger partial charge on any atom is -0.378 e. The lowest BCUT2D eigenvalue weighted by Gasteiger charge is -2.21. The summed E-state index contributed by atoms with van der Waals surface area (Å²) in [6.45, 7) is 2.97. The molecule has 1 unspecified atom stereocenters. The van der Waals surface area contributed by atoms with Crippen molar-refractivity contribution in [3.63, 3.8) is 0 Å². The number of nitrogens with one attached hydrogen (secondary N) is 1. The first-order valence-corrected chi connectivity index (χ1v) is 7.19. The molecule has 2 heterocycles. The standard InChI is InChI=1S/C15H21N5O/c1-19(2)13-5-3-4-12(8-13)9-20-11-17-15(18-20)14-10-21-7-6-16-14/h3-5,8,11,14,16H,6-7,9-10H2,1-2H3. The van der Waals surface area contributed by atoms with E-state index in [0.717, 1.165) is 25.5 Å². The number of rotatable bonds is 4. The van der Waals surface area contributed by atoms with Crippen molar-refractivity contribution in [2.24, 2.45) is 0 Å². The largest absolute Gasteiger partial charge is 0.378 e. The highest BCUT2D eigenvalue weighted by Crippen LogP contribution is 2.15. The Balaban J connectivity index is 1.70. The van der Waals surface area contributed by atoms with Crippen molar-refractivity contribution < 1.29 is 4.74 Å². The summed E-state index contributed by atoms with van der Waals surface area (Å²) in [5, 5.41) is 7.92. The Hall–Kier alpha value is -1.92. The summed E-state index contributed by atoms with van der Waals surface area (Å²) in [7, 11) is 4.09. The van der Waals surface area contributed by atoms with Crippen molar-refractivity contribution in [1.29, 1.82) is 0 Å². The molecule has 0 spiro atoms. The zero-order valence-electron chi connectivity index (χ0n) is 12.5. The van der Waals surface area contributed by atoms with E-state index in [0.29, 0.717) is 6.61 Å². The molecule has 0 bridgehead atoms. The predicted molar refractivity (Wildman–Crippen MR) is 81.5 cm³/mol. The van der Waals surface area contributed by atoms with Crippen molar-refractivity contribution in [3.8, 4) is 0 Å². The van der Waals surface area contributed by atoms with Crippen LogP contribution in [0.25, 0.3) is 0 Å². The Kier molecular flexibility index (Phi) is 4.17. The summed E-state index contributed by atoms with van der Waals surface area (Å²) >= 11 is 0. The SMILES string of the molecule is CN(C)c1cccc(Cn2cnc(C3COCCN3)n2)c1. The number of aromatic nitrogens is 3. The van der Waals surface area contributed by atoms with Gasteiger partial charge in [0, 0.05) is 26.3 Å². The lowest BCUT2D eigenvalue weighted by atomic mass is 10.2. The maximum atomic E-state index is 5.45. The Morgan fingerprint density at radius 1 is 1.43 bits per heavy atom. The third kappa shape index (κ3) is 3.40. The molecule has 6 heteroatoms. The van der Waals surface area contributed by atoms with E-state index >= 15 is 0 Å². The van der Waals surface area contributed by atoms with Crippen LogP contribution in [-0.4, -0.2) is 48.6 Å². The molecule has 1 atom stereocenters. The fraction of sp³-hybridized carbons (Fsp3) is 0.467.